The van der Waals surface area contributed by atoms with Gasteiger partial charge in [-0.2, -0.15) is 4.31 Å². The maximum absolute atomic E-state index is 12.8. The second kappa shape index (κ2) is 37.2. The Hall–Kier alpha value is -4.92. The Labute approximate surface area is 585 Å². The van der Waals surface area contributed by atoms with Gasteiger partial charge in [-0.05, 0) is 168 Å². The minimum atomic E-state index is -3.83. The number of carbonyl (C=O) groups excluding carboxylic acids is 3. The van der Waals surface area contributed by atoms with E-state index in [9.17, 15) is 39.6 Å². The first kappa shape index (κ1) is 78.1. The molecule has 6 aromatic rings. The lowest BCUT2D eigenvalue weighted by atomic mass is 9.89. The van der Waals surface area contributed by atoms with Crippen LogP contribution in [0.4, 0.5) is 11.4 Å². The molecular formula is C67H84Cl6N8O10S3. The molecule has 3 aliphatic heterocycles. The number of nitrogens with zero attached hydrogens (tertiary/aromatic N) is 7. The van der Waals surface area contributed by atoms with E-state index in [-0.39, 0.29) is 108 Å². The fourth-order valence-corrected chi connectivity index (χ4v) is 16.3. The molecule has 0 aromatic heterocycles. The van der Waals surface area contributed by atoms with Gasteiger partial charge in [0.1, 0.15) is 32.9 Å². The molecule has 27 heteroatoms. The fraction of sp³-hybridized carbons (Fsp3) is 0.418. The number of hydrogen-bond donors (Lipinski definition) is 1. The Morgan fingerprint density at radius 1 is 0.479 bits per heavy atom. The van der Waals surface area contributed by atoms with Crippen LogP contribution in [-0.4, -0.2) is 192 Å². The number of hydrogen-bond acceptors (Lipinski definition) is 15. The number of piperazine rings is 1. The van der Waals surface area contributed by atoms with Gasteiger partial charge in [-0.3, -0.25) is 14.4 Å². The second-order valence-corrected chi connectivity index (χ2v) is 31.9. The number of carbonyl (C=O) groups is 3. The smallest absolute Gasteiger partial charge is 0.293 e. The van der Waals surface area contributed by atoms with Crippen molar-refractivity contribution in [3.63, 3.8) is 0 Å². The van der Waals surface area contributed by atoms with Gasteiger partial charge in [0, 0.05) is 104 Å². The molecule has 0 radical (unpaired) electrons. The number of sulfonamides is 3. The zero-order valence-corrected chi connectivity index (χ0v) is 60.8. The van der Waals surface area contributed by atoms with Crippen LogP contribution in [-0.2, 0) is 62.0 Å². The monoisotopic (exact) mass is 1470 g/mol. The number of likely N-dealkylation sites (N-methyl/N-ethyl adjacent to an activating group) is 2. The van der Waals surface area contributed by atoms with Crippen molar-refractivity contribution in [2.45, 2.75) is 77.9 Å². The highest BCUT2D eigenvalue weighted by molar-refractivity contribution is 7.89. The van der Waals surface area contributed by atoms with Crippen molar-refractivity contribution in [2.24, 2.45) is 0 Å². The number of halogens is 6. The highest BCUT2D eigenvalue weighted by Crippen LogP contribution is 2.34. The number of rotatable bonds is 23. The van der Waals surface area contributed by atoms with Crippen molar-refractivity contribution in [1.29, 1.82) is 0 Å². The number of anilines is 2. The van der Waals surface area contributed by atoms with Crippen LogP contribution in [0.15, 0.2) is 142 Å². The summed E-state index contributed by atoms with van der Waals surface area (Å²) < 4.78 is 83.0. The van der Waals surface area contributed by atoms with Gasteiger partial charge in [0.2, 0.25) is 30.1 Å². The number of ketones is 2. The first-order valence-corrected chi connectivity index (χ1v) is 37.3. The van der Waals surface area contributed by atoms with Crippen LogP contribution < -0.4 is 10.6 Å². The third kappa shape index (κ3) is 22.8. The zero-order chi connectivity index (χ0) is 68.9. The molecule has 0 saturated carbocycles. The quantitative estimate of drug-likeness (QED) is 0.0359. The minimum Gasteiger partial charge on any atom is -0.466 e. The Morgan fingerprint density at radius 2 is 0.809 bits per heavy atom. The molecule has 3 aliphatic rings. The van der Waals surface area contributed by atoms with Gasteiger partial charge in [-0.15, -0.1) is 0 Å². The molecule has 3 fully saturated rings. The molecule has 18 nitrogen and oxygen atoms in total. The van der Waals surface area contributed by atoms with Gasteiger partial charge in [0.15, 0.2) is 0 Å². The second-order valence-electron chi connectivity index (χ2n) is 23.6. The lowest BCUT2D eigenvalue weighted by Gasteiger charge is -2.34. The summed E-state index contributed by atoms with van der Waals surface area (Å²) in [6.07, 6.45) is 5.69. The van der Waals surface area contributed by atoms with Gasteiger partial charge in [-0.25, -0.2) is 33.9 Å². The topological polar surface area (TPSA) is 212 Å². The van der Waals surface area contributed by atoms with E-state index in [2.05, 4.69) is 69.7 Å². The lowest BCUT2D eigenvalue weighted by molar-refractivity contribution is -0.128. The van der Waals surface area contributed by atoms with Crippen LogP contribution in [0.1, 0.15) is 72.6 Å². The summed E-state index contributed by atoms with van der Waals surface area (Å²) in [5.41, 5.74) is 12.3. The van der Waals surface area contributed by atoms with Crippen LogP contribution >= 0.6 is 69.6 Å². The number of nitrogens with two attached hydrogens (primary N) is 1. The van der Waals surface area contributed by atoms with Crippen LogP contribution in [0.3, 0.4) is 0 Å². The Balaban J connectivity index is 0.000000208. The molecule has 0 spiro atoms. The lowest BCUT2D eigenvalue weighted by Crippen LogP contribution is -2.44. The van der Waals surface area contributed by atoms with Crippen LogP contribution in [0, 0.1) is 0 Å². The highest BCUT2D eigenvalue weighted by atomic mass is 35.5. The molecule has 0 aliphatic carbocycles. The molecule has 3 saturated heterocycles. The minimum absolute atomic E-state index is 0.00737. The first-order valence-electron chi connectivity index (χ1n) is 30.7. The summed E-state index contributed by atoms with van der Waals surface area (Å²) in [6, 6.07) is 38.0. The molecule has 6 aromatic carbocycles. The predicted octanol–water partition coefficient (Wildman–Crippen LogP) is 12.1. The molecule has 9 rings (SSSR count). The van der Waals surface area contributed by atoms with Crippen molar-refractivity contribution < 1.29 is 44.4 Å². The Bertz CT molecular complexity index is 3640. The molecule has 3 heterocycles. The fourth-order valence-electron chi connectivity index (χ4n) is 10.6. The normalized spacial score (nSPS) is 15.5. The molecule has 0 bridgehead atoms. The van der Waals surface area contributed by atoms with E-state index in [0.717, 1.165) is 93.4 Å². The predicted molar refractivity (Wildman–Crippen MR) is 380 cm³/mol. The van der Waals surface area contributed by atoms with E-state index in [1.165, 1.54) is 113 Å². The third-order valence-corrected chi connectivity index (χ3v) is 25.2. The van der Waals surface area contributed by atoms with Crippen molar-refractivity contribution in [1.82, 2.24) is 27.6 Å². The Kier molecular flexibility index (Phi) is 30.9. The average molecular weight is 1470 g/mol. The largest absolute Gasteiger partial charge is 0.466 e. The van der Waals surface area contributed by atoms with Gasteiger partial charge < -0.3 is 30.1 Å². The van der Waals surface area contributed by atoms with E-state index in [4.69, 9.17) is 75.3 Å². The summed E-state index contributed by atoms with van der Waals surface area (Å²) in [6.45, 7) is 9.13. The van der Waals surface area contributed by atoms with Crippen molar-refractivity contribution >= 4 is 129 Å². The summed E-state index contributed by atoms with van der Waals surface area (Å²) in [5.74, 6) is 1.29. The molecular weight excluding hydrogens is 1390 g/mol. The van der Waals surface area contributed by atoms with E-state index >= 15 is 0 Å². The average Bonchev–Trinajstić information content (AvgIpc) is 0.822. The molecule has 94 heavy (non-hydrogen) atoms. The Morgan fingerprint density at radius 3 is 1.17 bits per heavy atom. The number of Topliss-reactive ketones (excluding diaryl/α,β-unsaturated/α-hetero) is 2. The van der Waals surface area contributed by atoms with Gasteiger partial charge in [-0.1, -0.05) is 136 Å². The number of piperidine rings is 2. The van der Waals surface area contributed by atoms with E-state index in [1.807, 2.05) is 48.5 Å². The summed E-state index contributed by atoms with van der Waals surface area (Å²) in [5, 5.41) is 0.468. The van der Waals surface area contributed by atoms with E-state index in [1.54, 1.807) is 0 Å². The summed E-state index contributed by atoms with van der Waals surface area (Å²) >= 11 is 35.6. The first-order chi connectivity index (χ1) is 44.5. The summed E-state index contributed by atoms with van der Waals surface area (Å²) in [4.78, 5) is 44.1. The third-order valence-electron chi connectivity index (χ3n) is 16.7. The van der Waals surface area contributed by atoms with E-state index in [0.29, 0.717) is 12.3 Å². The van der Waals surface area contributed by atoms with Crippen molar-refractivity contribution in [2.75, 3.05) is 132 Å². The molecule has 0 atom stereocenters. The molecule has 2 N–H and O–H groups in total. The molecule has 0 amide bonds. The van der Waals surface area contributed by atoms with Gasteiger partial charge >= 0.3 is 0 Å². The standard InChI is InChI=1S/C23H28Cl2N2O3S.C22H27Cl2N3O3S.C12H18N2.C10H11Cl2NO4S/c1-26-13-10-19(11-14-26)18-8-6-17(7-9-18)16-20(28)12-15-27(2)31(29,30)22-5-3-4-21(24)23(22)25;1-25-12-14-27(15-13-25)18-8-6-17(7-9-18)16-19(28)10-11-26(2)31(29,30)21-5-3-4-20(23)22(21)24;1-14-8-6-11(7-9-14)10-2-4-12(13)5-3-10;1-13(5-6-17-7-14)18(15,16)9-4-2-3-8(11)10(9)12/h3-9,19H,10-16H2,1-2H3;3-9H,10-16H2,1-2H3;2-5,11H,6-9,13H2,1H3;2-4,7H,5-6H2,1H3. The maximum atomic E-state index is 12.8. The van der Waals surface area contributed by atoms with Crippen LogP contribution in [0.5, 0.6) is 0 Å². The SMILES string of the molecule is CN(CCOC=O)S(=O)(=O)c1cccc(Cl)c1Cl.CN1CCC(c2ccc(CC(=O)CCN(C)S(=O)(=O)c3cccc(Cl)c3Cl)cc2)CC1.CN1CCC(c2ccc(N)cc2)CC1.CN1CCN(c2ccc(CC(=O)CCN(C)S(=O)(=O)c3cccc(Cl)c3Cl)cc2)CC1. The van der Waals surface area contributed by atoms with Gasteiger partial charge in [0.25, 0.3) is 6.47 Å². The molecule has 512 valence electrons. The van der Waals surface area contributed by atoms with Gasteiger partial charge in [0.05, 0.1) is 30.1 Å². The molecule has 0 unspecified atom stereocenters. The maximum Gasteiger partial charge on any atom is 0.293 e. The van der Waals surface area contributed by atoms with E-state index < -0.39 is 30.1 Å². The number of likely N-dealkylation sites (tertiary alicyclic amines) is 2. The van der Waals surface area contributed by atoms with Crippen LogP contribution in [0.2, 0.25) is 30.1 Å². The van der Waals surface area contributed by atoms with Crippen LogP contribution in [0.25, 0.3) is 0 Å². The number of benzene rings is 6. The summed E-state index contributed by atoms with van der Waals surface area (Å²) in [7, 11) is -0.695. The zero-order valence-electron chi connectivity index (χ0n) is 53.8. The highest BCUT2D eigenvalue weighted by Gasteiger charge is 2.29. The number of ether oxygens (including phenoxy) is 1. The number of nitrogen functional groups attached to an aromatic ring is 1. The van der Waals surface area contributed by atoms with Crippen molar-refractivity contribution in [3.05, 3.63) is 180 Å². The van der Waals surface area contributed by atoms with Crippen molar-refractivity contribution in [3.8, 4) is 0 Å².